The predicted molar refractivity (Wildman–Crippen MR) is 203 cm³/mol. The molecule has 0 saturated carbocycles. The van der Waals surface area contributed by atoms with Crippen molar-refractivity contribution in [3.63, 3.8) is 0 Å². The van der Waals surface area contributed by atoms with Gasteiger partial charge in [0, 0.05) is 6.42 Å². The minimum absolute atomic E-state index is 0.0683. The summed E-state index contributed by atoms with van der Waals surface area (Å²) >= 11 is 0. The van der Waals surface area contributed by atoms with E-state index in [9.17, 15) is 50.4 Å². The molecule has 14 N–H and O–H groups in total. The van der Waals surface area contributed by atoms with Crippen LogP contribution in [0, 0.1) is 0 Å². The summed E-state index contributed by atoms with van der Waals surface area (Å²) in [5.41, 5.74) is 18.0. The molecular formula is C38H71N3O17. The third-order valence-corrected chi connectivity index (χ3v) is 11.0. The molecule has 3 saturated heterocycles. The van der Waals surface area contributed by atoms with E-state index < -0.39 is 130 Å². The Labute approximate surface area is 340 Å². The molecule has 20 heteroatoms. The van der Waals surface area contributed by atoms with Crippen LogP contribution in [0.1, 0.15) is 110 Å². The average molecular weight is 842 g/mol. The highest BCUT2D eigenvalue weighted by Gasteiger charge is 2.58. The molecule has 2 unspecified atom stereocenters. The van der Waals surface area contributed by atoms with Crippen molar-refractivity contribution >= 4 is 11.9 Å². The number of ether oxygens (including phenoxy) is 7. The van der Waals surface area contributed by atoms with Gasteiger partial charge in [-0.05, 0) is 6.42 Å². The smallest absolute Gasteiger partial charge is 0.346 e. The second-order valence-electron chi connectivity index (χ2n) is 15.6. The highest BCUT2D eigenvalue weighted by Crippen LogP contribution is 2.35. The lowest BCUT2D eigenvalue weighted by atomic mass is 9.93. The number of hydrogen-bond donors (Lipinski definition) is 11. The van der Waals surface area contributed by atoms with E-state index in [4.69, 9.17) is 50.4 Å². The first kappa shape index (κ1) is 50.7. The van der Waals surface area contributed by atoms with E-state index in [1.54, 1.807) is 0 Å². The Morgan fingerprint density at radius 2 is 1.07 bits per heavy atom. The molecular weight excluding hydrogens is 770 g/mol. The van der Waals surface area contributed by atoms with Crippen molar-refractivity contribution in [3.05, 3.63) is 0 Å². The molecule has 3 aliphatic rings. The highest BCUT2D eigenvalue weighted by atomic mass is 16.8. The van der Waals surface area contributed by atoms with Crippen LogP contribution >= 0.6 is 0 Å². The summed E-state index contributed by atoms with van der Waals surface area (Å²) in [6, 6.07) is -4.42. The first-order valence-electron chi connectivity index (χ1n) is 20.9. The third kappa shape index (κ3) is 14.5. The van der Waals surface area contributed by atoms with Gasteiger partial charge in [-0.15, -0.1) is 0 Å². The Morgan fingerprint density at radius 3 is 1.59 bits per heavy atom. The van der Waals surface area contributed by atoms with Gasteiger partial charge in [0.25, 0.3) is 5.79 Å². The predicted octanol–water partition coefficient (Wildman–Crippen LogP) is -2.00. The second kappa shape index (κ2) is 25.9. The van der Waals surface area contributed by atoms with Crippen molar-refractivity contribution in [2.45, 2.75) is 201 Å². The van der Waals surface area contributed by atoms with Gasteiger partial charge in [-0.3, -0.25) is 4.79 Å². The monoisotopic (exact) mass is 841 g/mol. The normalized spacial score (nSPS) is 36.8. The van der Waals surface area contributed by atoms with Crippen LogP contribution in [0.4, 0.5) is 0 Å². The maximum absolute atomic E-state index is 12.8. The Hall–Kier alpha value is -1.70. The standard InChI is InChI=1S/C38H71N3O17/c1-2-3-4-5-6-7-8-9-10-11-12-13-14-15-16-17-24(45)52-20-25(46)57-38(21-44)34(50)31(49)28(41)37(58-38)56-33-23(19-43)54-36(27(40)30(33)48)55-32-22(18-42)53-35(51)26(39)29(32)47/h22-23,26-37,42-44,47-51H,2-21,39-41H2,1H3/t22-,23-,26-,27-,28-,29-,30-,31-,32?,33?,34+,35-,36+,37+,38+/m1/s1. The molecule has 3 rings (SSSR count). The maximum Gasteiger partial charge on any atom is 0.346 e. The zero-order valence-corrected chi connectivity index (χ0v) is 33.7. The van der Waals surface area contributed by atoms with Crippen LogP contribution in [-0.2, 0) is 42.7 Å². The summed E-state index contributed by atoms with van der Waals surface area (Å²) in [6.45, 7) is -1.45. The lowest BCUT2D eigenvalue weighted by Gasteiger charge is -2.50. The molecule has 0 aliphatic carbocycles. The van der Waals surface area contributed by atoms with Gasteiger partial charge in [-0.25, -0.2) is 4.79 Å². The van der Waals surface area contributed by atoms with Crippen LogP contribution < -0.4 is 17.2 Å². The zero-order valence-electron chi connectivity index (χ0n) is 33.7. The van der Waals surface area contributed by atoms with Gasteiger partial charge in [0.15, 0.2) is 25.5 Å². The third-order valence-electron chi connectivity index (χ3n) is 11.0. The van der Waals surface area contributed by atoms with Gasteiger partial charge in [0.1, 0.15) is 55.4 Å². The Bertz CT molecular complexity index is 1180. The summed E-state index contributed by atoms with van der Waals surface area (Å²) in [7, 11) is 0. The lowest BCUT2D eigenvalue weighted by Crippen LogP contribution is -2.72. The fourth-order valence-electron chi connectivity index (χ4n) is 7.37. The molecule has 58 heavy (non-hydrogen) atoms. The van der Waals surface area contributed by atoms with E-state index in [2.05, 4.69) is 6.92 Å². The highest BCUT2D eigenvalue weighted by molar-refractivity contribution is 5.76. The lowest BCUT2D eigenvalue weighted by molar-refractivity contribution is -0.399. The number of aliphatic hydroxyl groups is 8. The summed E-state index contributed by atoms with van der Waals surface area (Å²) in [5, 5.41) is 83.4. The van der Waals surface area contributed by atoms with Gasteiger partial charge in [-0.2, -0.15) is 0 Å². The summed E-state index contributed by atoms with van der Waals surface area (Å²) in [5.74, 6) is -4.57. The van der Waals surface area contributed by atoms with Crippen LogP contribution in [0.2, 0.25) is 0 Å². The van der Waals surface area contributed by atoms with Crippen LogP contribution in [-0.4, -0.2) is 171 Å². The van der Waals surface area contributed by atoms with Crippen molar-refractivity contribution in [2.24, 2.45) is 17.2 Å². The van der Waals surface area contributed by atoms with Gasteiger partial charge in [-0.1, -0.05) is 96.8 Å². The molecule has 20 nitrogen and oxygen atoms in total. The molecule has 3 fully saturated rings. The number of esters is 2. The van der Waals surface area contributed by atoms with E-state index in [0.29, 0.717) is 6.42 Å². The number of carbonyl (C=O) groups excluding carboxylic acids is 2. The van der Waals surface area contributed by atoms with E-state index in [0.717, 1.165) is 25.7 Å². The van der Waals surface area contributed by atoms with E-state index in [-0.39, 0.29) is 6.42 Å². The first-order valence-corrected chi connectivity index (χ1v) is 20.9. The number of carbonyl (C=O) groups is 2. The molecule has 0 aromatic heterocycles. The first-order chi connectivity index (χ1) is 27.7. The summed E-state index contributed by atoms with van der Waals surface area (Å²) in [4.78, 5) is 25.1. The van der Waals surface area contributed by atoms with Gasteiger partial charge in [0.2, 0.25) is 0 Å². The summed E-state index contributed by atoms with van der Waals surface area (Å²) < 4.78 is 38.3. The Balaban J connectivity index is 1.45. The SMILES string of the molecule is CCCCCCCCCCCCCCCCCC(=O)OCC(=O)O[C@@]1(CO)O[C@H](OC2[C@@H](CO)O[C@@H](OC3[C@@H](CO)O[C@@H](O)[C@H](N)[C@H]3O)[C@H](N)[C@H]2O)[C@H](N)[C@@H](O)[C@@H]1O. The molecule has 0 spiro atoms. The molecule has 0 radical (unpaired) electrons. The van der Waals surface area contributed by atoms with Crippen molar-refractivity contribution in [1.82, 2.24) is 0 Å². The number of hydrogen-bond acceptors (Lipinski definition) is 20. The van der Waals surface area contributed by atoms with Gasteiger partial charge >= 0.3 is 11.9 Å². The fraction of sp³-hybridized carbons (Fsp3) is 0.947. The topological polar surface area (TPSA) is 339 Å². The van der Waals surface area contributed by atoms with Crippen molar-refractivity contribution < 1.29 is 83.6 Å². The van der Waals surface area contributed by atoms with E-state index >= 15 is 0 Å². The molecule has 340 valence electrons. The van der Waals surface area contributed by atoms with Crippen LogP contribution in [0.3, 0.4) is 0 Å². The van der Waals surface area contributed by atoms with Crippen LogP contribution in [0.5, 0.6) is 0 Å². The zero-order chi connectivity index (χ0) is 42.8. The van der Waals surface area contributed by atoms with Gasteiger partial charge < -0.3 is 91.2 Å². The molecule has 3 aliphatic heterocycles. The summed E-state index contributed by atoms with van der Waals surface area (Å²) in [6.07, 6.45) is -0.551. The van der Waals surface area contributed by atoms with Crippen molar-refractivity contribution in [2.75, 3.05) is 26.4 Å². The minimum Gasteiger partial charge on any atom is -0.454 e. The molecule has 0 aromatic carbocycles. The quantitative estimate of drug-likeness (QED) is 0.0331. The number of unbranched alkanes of at least 4 members (excludes halogenated alkanes) is 14. The molecule has 3 heterocycles. The van der Waals surface area contributed by atoms with Crippen molar-refractivity contribution in [1.29, 1.82) is 0 Å². The van der Waals surface area contributed by atoms with E-state index in [1.165, 1.54) is 64.2 Å². The van der Waals surface area contributed by atoms with Crippen molar-refractivity contribution in [3.8, 4) is 0 Å². The molecule has 0 amide bonds. The van der Waals surface area contributed by atoms with Gasteiger partial charge in [0.05, 0.1) is 31.3 Å². The largest absolute Gasteiger partial charge is 0.454 e. The second-order valence-corrected chi connectivity index (χ2v) is 15.6. The maximum atomic E-state index is 12.8. The molecule has 0 aromatic rings. The minimum atomic E-state index is -2.68. The van der Waals surface area contributed by atoms with Crippen LogP contribution in [0.25, 0.3) is 0 Å². The number of nitrogens with two attached hydrogens (primary N) is 3. The Kier molecular flexibility index (Phi) is 22.6. The average Bonchev–Trinajstić information content (AvgIpc) is 3.21. The Morgan fingerprint density at radius 1 is 0.603 bits per heavy atom. The fourth-order valence-corrected chi connectivity index (χ4v) is 7.37. The number of aliphatic hydroxyl groups excluding tert-OH is 8. The van der Waals surface area contributed by atoms with E-state index in [1.807, 2.05) is 0 Å². The molecule has 15 atom stereocenters. The molecule has 0 bridgehead atoms. The van der Waals surface area contributed by atoms with Crippen LogP contribution in [0.15, 0.2) is 0 Å². The number of rotatable bonds is 26.